The number of halogens is 1. The Kier molecular flexibility index (Phi) is 5.83. The van der Waals surface area contributed by atoms with E-state index in [9.17, 15) is 5.11 Å². The van der Waals surface area contributed by atoms with Gasteiger partial charge in [-0.05, 0) is 62.2 Å². The average Bonchev–Trinajstić information content (AvgIpc) is 2.58. The zero-order chi connectivity index (χ0) is 17.9. The minimum absolute atomic E-state index is 0.256. The predicted molar refractivity (Wildman–Crippen MR) is 105 cm³/mol. The van der Waals surface area contributed by atoms with Crippen molar-refractivity contribution in [3.8, 4) is 0 Å². The van der Waals surface area contributed by atoms with Crippen molar-refractivity contribution in [2.45, 2.75) is 37.7 Å². The molecule has 0 saturated heterocycles. The summed E-state index contributed by atoms with van der Waals surface area (Å²) in [6, 6.07) is 16.4. The van der Waals surface area contributed by atoms with Crippen LogP contribution in [0.15, 0.2) is 48.5 Å². The van der Waals surface area contributed by atoms with E-state index in [1.807, 2.05) is 18.2 Å². The van der Waals surface area contributed by atoms with Crippen molar-refractivity contribution in [1.82, 2.24) is 4.90 Å². The van der Waals surface area contributed by atoms with Crippen molar-refractivity contribution >= 4 is 11.6 Å². The summed E-state index contributed by atoms with van der Waals surface area (Å²) >= 11 is 6.30. The van der Waals surface area contributed by atoms with Crippen molar-refractivity contribution in [3.05, 3.63) is 70.2 Å². The highest BCUT2D eigenvalue weighted by molar-refractivity contribution is 6.30. The lowest BCUT2D eigenvalue weighted by Crippen LogP contribution is -2.43. The third-order valence-electron chi connectivity index (χ3n) is 5.39. The third-order valence-corrected chi connectivity index (χ3v) is 5.63. The van der Waals surface area contributed by atoms with Gasteiger partial charge in [0, 0.05) is 17.5 Å². The molecule has 134 valence electrons. The molecule has 2 nitrogen and oxygen atoms in total. The van der Waals surface area contributed by atoms with Crippen LogP contribution < -0.4 is 0 Å². The van der Waals surface area contributed by atoms with Crippen LogP contribution >= 0.6 is 11.6 Å². The highest BCUT2D eigenvalue weighted by Crippen LogP contribution is 2.44. The topological polar surface area (TPSA) is 23.5 Å². The molecule has 0 aromatic heterocycles. The lowest BCUT2D eigenvalue weighted by Gasteiger charge is -2.42. The number of rotatable bonds is 5. The van der Waals surface area contributed by atoms with Gasteiger partial charge >= 0.3 is 0 Å². The Hall–Kier alpha value is -1.35. The molecular formula is C22H28ClNO. The fourth-order valence-electron chi connectivity index (χ4n) is 4.21. The summed E-state index contributed by atoms with van der Waals surface area (Å²) in [7, 11) is 4.17. The second-order valence-corrected chi connectivity index (χ2v) is 8.03. The molecule has 0 amide bonds. The lowest BCUT2D eigenvalue weighted by atomic mass is 9.69. The van der Waals surface area contributed by atoms with Crippen LogP contribution in [0.25, 0.3) is 0 Å². The monoisotopic (exact) mass is 357 g/mol. The standard InChI is InChI=1S/C22H28ClNO/c1-24(2)16-19-10-6-7-13-22(19,25)21-12-11-20(23)15-18(21)14-17-8-4-3-5-9-17/h3-5,8-9,11-12,15,19,25H,6-7,10,13-14,16H2,1-2H3. The van der Waals surface area contributed by atoms with E-state index in [1.54, 1.807) is 0 Å². The Labute approximate surface area is 156 Å². The van der Waals surface area contributed by atoms with E-state index in [0.29, 0.717) is 0 Å². The summed E-state index contributed by atoms with van der Waals surface area (Å²) in [6.07, 6.45) is 4.97. The smallest absolute Gasteiger partial charge is 0.0939 e. The predicted octanol–water partition coefficient (Wildman–Crippen LogP) is 4.87. The Morgan fingerprint density at radius 3 is 2.60 bits per heavy atom. The Morgan fingerprint density at radius 1 is 1.12 bits per heavy atom. The number of nitrogens with zero attached hydrogens (tertiary/aromatic N) is 1. The molecule has 0 aliphatic heterocycles. The van der Waals surface area contributed by atoms with Gasteiger partial charge in [0.1, 0.15) is 0 Å². The van der Waals surface area contributed by atoms with Crippen LogP contribution in [0.4, 0.5) is 0 Å². The van der Waals surface area contributed by atoms with Crippen molar-refractivity contribution in [2.75, 3.05) is 20.6 Å². The molecule has 0 spiro atoms. The maximum atomic E-state index is 11.7. The first-order valence-electron chi connectivity index (χ1n) is 9.19. The van der Waals surface area contributed by atoms with E-state index < -0.39 is 5.60 Å². The first kappa shape index (κ1) is 18.4. The third kappa shape index (κ3) is 4.25. The van der Waals surface area contributed by atoms with Gasteiger partial charge in [-0.25, -0.2) is 0 Å². The number of benzene rings is 2. The molecule has 0 bridgehead atoms. The first-order chi connectivity index (χ1) is 12.0. The second kappa shape index (κ2) is 7.90. The molecule has 1 aliphatic carbocycles. The van der Waals surface area contributed by atoms with Gasteiger partial charge in [0.15, 0.2) is 0 Å². The molecule has 2 unspecified atom stereocenters. The van der Waals surface area contributed by atoms with Gasteiger partial charge in [-0.15, -0.1) is 0 Å². The Bertz CT molecular complexity index is 700. The van der Waals surface area contributed by atoms with Crippen molar-refractivity contribution in [3.63, 3.8) is 0 Å². The average molecular weight is 358 g/mol. The molecule has 2 aromatic carbocycles. The van der Waals surface area contributed by atoms with E-state index in [0.717, 1.165) is 48.4 Å². The van der Waals surface area contributed by atoms with E-state index in [1.165, 1.54) is 12.0 Å². The Morgan fingerprint density at radius 2 is 1.88 bits per heavy atom. The largest absolute Gasteiger partial charge is 0.385 e. The second-order valence-electron chi connectivity index (χ2n) is 7.59. The fourth-order valence-corrected chi connectivity index (χ4v) is 4.41. The molecule has 3 rings (SSSR count). The van der Waals surface area contributed by atoms with Crippen LogP contribution in [0.5, 0.6) is 0 Å². The van der Waals surface area contributed by atoms with Crippen LogP contribution in [0.1, 0.15) is 42.4 Å². The number of hydrogen-bond acceptors (Lipinski definition) is 2. The van der Waals surface area contributed by atoms with Gasteiger partial charge in [-0.2, -0.15) is 0 Å². The highest BCUT2D eigenvalue weighted by atomic mass is 35.5. The molecule has 2 aromatic rings. The zero-order valence-electron chi connectivity index (χ0n) is 15.2. The van der Waals surface area contributed by atoms with Crippen molar-refractivity contribution in [1.29, 1.82) is 0 Å². The Balaban J connectivity index is 1.99. The van der Waals surface area contributed by atoms with Gasteiger partial charge in [-0.3, -0.25) is 0 Å². The summed E-state index contributed by atoms with van der Waals surface area (Å²) in [5, 5.41) is 12.5. The summed E-state index contributed by atoms with van der Waals surface area (Å²) in [6.45, 7) is 0.907. The van der Waals surface area contributed by atoms with E-state index in [4.69, 9.17) is 11.6 Å². The lowest BCUT2D eigenvalue weighted by molar-refractivity contribution is -0.0624. The molecule has 1 aliphatic rings. The molecule has 1 N–H and O–H groups in total. The molecule has 0 heterocycles. The van der Waals surface area contributed by atoms with Gasteiger partial charge in [0.2, 0.25) is 0 Å². The summed E-state index contributed by atoms with van der Waals surface area (Å²) in [5.41, 5.74) is 2.69. The minimum atomic E-state index is -0.767. The SMILES string of the molecule is CN(C)CC1CCCCC1(O)c1ccc(Cl)cc1Cc1ccccc1. The molecule has 0 radical (unpaired) electrons. The number of aliphatic hydroxyl groups is 1. The van der Waals surface area contributed by atoms with E-state index in [2.05, 4.69) is 49.3 Å². The van der Waals surface area contributed by atoms with Crippen LogP contribution in [-0.4, -0.2) is 30.6 Å². The quantitative estimate of drug-likeness (QED) is 0.825. The normalized spacial score (nSPS) is 23.8. The van der Waals surface area contributed by atoms with Gasteiger partial charge < -0.3 is 10.0 Å². The molecule has 25 heavy (non-hydrogen) atoms. The van der Waals surface area contributed by atoms with Crippen molar-refractivity contribution < 1.29 is 5.11 Å². The van der Waals surface area contributed by atoms with Gasteiger partial charge in [0.25, 0.3) is 0 Å². The van der Waals surface area contributed by atoms with Crippen molar-refractivity contribution in [2.24, 2.45) is 5.92 Å². The van der Waals surface area contributed by atoms with E-state index >= 15 is 0 Å². The van der Waals surface area contributed by atoms with Gasteiger partial charge in [0.05, 0.1) is 5.60 Å². The summed E-state index contributed by atoms with van der Waals surface area (Å²) < 4.78 is 0. The summed E-state index contributed by atoms with van der Waals surface area (Å²) in [5.74, 6) is 0.256. The first-order valence-corrected chi connectivity index (χ1v) is 9.57. The van der Waals surface area contributed by atoms with Gasteiger partial charge in [-0.1, -0.05) is 60.8 Å². The van der Waals surface area contributed by atoms with Crippen LogP contribution in [0.3, 0.4) is 0 Å². The zero-order valence-corrected chi connectivity index (χ0v) is 16.0. The highest BCUT2D eigenvalue weighted by Gasteiger charge is 2.41. The molecule has 1 fully saturated rings. The number of hydrogen-bond donors (Lipinski definition) is 1. The fraction of sp³-hybridized carbons (Fsp3) is 0.455. The van der Waals surface area contributed by atoms with Crippen LogP contribution in [0, 0.1) is 5.92 Å². The van der Waals surface area contributed by atoms with E-state index in [-0.39, 0.29) is 5.92 Å². The molecular weight excluding hydrogens is 330 g/mol. The molecule has 1 saturated carbocycles. The van der Waals surface area contributed by atoms with Crippen LogP contribution in [0.2, 0.25) is 5.02 Å². The minimum Gasteiger partial charge on any atom is -0.385 e. The maximum absolute atomic E-state index is 11.7. The maximum Gasteiger partial charge on any atom is 0.0939 e. The van der Waals surface area contributed by atoms with Crippen LogP contribution in [-0.2, 0) is 12.0 Å². The molecule has 2 atom stereocenters. The molecule has 3 heteroatoms. The summed E-state index contributed by atoms with van der Waals surface area (Å²) in [4.78, 5) is 2.19.